The van der Waals surface area contributed by atoms with Crippen molar-refractivity contribution < 1.29 is 14.3 Å². The first-order valence-electron chi connectivity index (χ1n) is 5.87. The van der Waals surface area contributed by atoms with Gasteiger partial charge in [0.25, 0.3) is 0 Å². The summed E-state index contributed by atoms with van der Waals surface area (Å²) in [6.07, 6.45) is 0. The van der Waals surface area contributed by atoms with Gasteiger partial charge in [0.05, 0.1) is 20.2 Å². The van der Waals surface area contributed by atoms with Crippen LogP contribution >= 0.6 is 0 Å². The van der Waals surface area contributed by atoms with Gasteiger partial charge in [-0.25, -0.2) is 0 Å². The summed E-state index contributed by atoms with van der Waals surface area (Å²) in [7, 11) is 4.92. The Morgan fingerprint density at radius 2 is 1.79 bits per heavy atom. The van der Waals surface area contributed by atoms with Crippen LogP contribution in [0, 0.1) is 0 Å². The molecule has 2 N–H and O–H groups in total. The normalized spacial score (nSPS) is 9.84. The highest BCUT2D eigenvalue weighted by atomic mass is 16.5. The Kier molecular flexibility index (Phi) is 5.81. The summed E-state index contributed by atoms with van der Waals surface area (Å²) >= 11 is 0. The van der Waals surface area contributed by atoms with E-state index in [1.165, 1.54) is 4.90 Å². The maximum absolute atomic E-state index is 11.6. The van der Waals surface area contributed by atoms with Crippen LogP contribution in [0.3, 0.4) is 0 Å². The number of rotatable bonds is 6. The van der Waals surface area contributed by atoms with Crippen LogP contribution in [-0.2, 0) is 9.59 Å². The quantitative estimate of drug-likeness (QED) is 0.776. The number of nitrogens with zero attached hydrogens (tertiary/aromatic N) is 1. The van der Waals surface area contributed by atoms with Crippen molar-refractivity contribution in [2.75, 3.05) is 39.6 Å². The number of likely N-dealkylation sites (N-methyl/N-ethyl adjacent to an activating group) is 1. The van der Waals surface area contributed by atoms with Gasteiger partial charge in [-0.2, -0.15) is 0 Å². The zero-order valence-electron chi connectivity index (χ0n) is 11.4. The van der Waals surface area contributed by atoms with Gasteiger partial charge in [-0.1, -0.05) is 0 Å². The number of anilines is 1. The molecule has 0 atom stereocenters. The fourth-order valence-electron chi connectivity index (χ4n) is 1.32. The zero-order valence-corrected chi connectivity index (χ0v) is 11.4. The van der Waals surface area contributed by atoms with E-state index in [0.717, 1.165) is 5.75 Å². The molecule has 0 aliphatic rings. The van der Waals surface area contributed by atoms with E-state index in [0.29, 0.717) is 5.69 Å². The molecule has 1 aromatic carbocycles. The van der Waals surface area contributed by atoms with Crippen molar-refractivity contribution in [3.05, 3.63) is 24.3 Å². The van der Waals surface area contributed by atoms with Gasteiger partial charge in [-0.15, -0.1) is 0 Å². The number of nitrogens with one attached hydrogen (secondary N) is 2. The highest BCUT2D eigenvalue weighted by molar-refractivity contribution is 5.92. The van der Waals surface area contributed by atoms with Crippen molar-refractivity contribution in [1.29, 1.82) is 0 Å². The Morgan fingerprint density at radius 1 is 1.16 bits per heavy atom. The minimum atomic E-state index is -0.197. The smallest absolute Gasteiger partial charge is 0.238 e. The first-order valence-corrected chi connectivity index (χ1v) is 5.87. The van der Waals surface area contributed by atoms with Crippen molar-refractivity contribution in [2.45, 2.75) is 0 Å². The molecule has 0 saturated heterocycles. The van der Waals surface area contributed by atoms with Gasteiger partial charge < -0.3 is 15.0 Å². The van der Waals surface area contributed by atoms with Crippen molar-refractivity contribution >= 4 is 17.5 Å². The lowest BCUT2D eigenvalue weighted by Gasteiger charge is -2.11. The summed E-state index contributed by atoms with van der Waals surface area (Å²) in [5.41, 5.74) is 0.687. The number of amides is 2. The van der Waals surface area contributed by atoms with Gasteiger partial charge in [-0.3, -0.25) is 14.9 Å². The number of hydrogen-bond acceptors (Lipinski definition) is 4. The molecule has 2 amide bonds. The van der Waals surface area contributed by atoms with Gasteiger partial charge in [0.15, 0.2) is 0 Å². The van der Waals surface area contributed by atoms with E-state index < -0.39 is 0 Å². The highest BCUT2D eigenvalue weighted by Crippen LogP contribution is 2.14. The standard InChI is InChI=1S/C13H19N3O3/c1-16(2)13(18)9-14-8-12(17)15-10-4-6-11(19-3)7-5-10/h4-7,14H,8-9H2,1-3H3,(H,15,17). The predicted molar refractivity (Wildman–Crippen MR) is 73.2 cm³/mol. The lowest BCUT2D eigenvalue weighted by atomic mass is 10.3. The Labute approximate surface area is 112 Å². The fourth-order valence-corrected chi connectivity index (χ4v) is 1.32. The maximum atomic E-state index is 11.6. The molecular formula is C13H19N3O3. The van der Waals surface area contributed by atoms with Crippen LogP contribution in [0.2, 0.25) is 0 Å². The second-order valence-electron chi connectivity index (χ2n) is 4.17. The number of carbonyl (C=O) groups is 2. The number of methoxy groups -OCH3 is 1. The average Bonchev–Trinajstić information content (AvgIpc) is 2.39. The number of ether oxygens (including phenoxy) is 1. The third-order valence-corrected chi connectivity index (χ3v) is 2.43. The van der Waals surface area contributed by atoms with E-state index in [-0.39, 0.29) is 24.9 Å². The first-order chi connectivity index (χ1) is 9.02. The predicted octanol–water partition coefficient (Wildman–Crippen LogP) is 0.311. The highest BCUT2D eigenvalue weighted by Gasteiger charge is 2.06. The van der Waals surface area contributed by atoms with E-state index in [1.54, 1.807) is 45.5 Å². The van der Waals surface area contributed by atoms with Gasteiger partial charge >= 0.3 is 0 Å². The van der Waals surface area contributed by atoms with Crippen molar-refractivity contribution in [3.8, 4) is 5.75 Å². The molecule has 0 fully saturated rings. The van der Waals surface area contributed by atoms with Crippen molar-refractivity contribution in [2.24, 2.45) is 0 Å². The molecule has 0 saturated carbocycles. The Balaban J connectivity index is 2.32. The van der Waals surface area contributed by atoms with Crippen LogP contribution in [-0.4, -0.2) is 51.0 Å². The molecule has 0 bridgehead atoms. The van der Waals surface area contributed by atoms with Crippen LogP contribution < -0.4 is 15.4 Å². The van der Waals surface area contributed by atoms with Gasteiger partial charge in [0, 0.05) is 19.8 Å². The van der Waals surface area contributed by atoms with Crippen LogP contribution in [0.25, 0.3) is 0 Å². The second-order valence-corrected chi connectivity index (χ2v) is 4.17. The number of hydrogen-bond donors (Lipinski definition) is 2. The molecule has 0 aliphatic carbocycles. The van der Waals surface area contributed by atoms with Crippen LogP contribution in [0.15, 0.2) is 24.3 Å². The van der Waals surface area contributed by atoms with E-state index in [2.05, 4.69) is 10.6 Å². The summed E-state index contributed by atoms with van der Waals surface area (Å²) in [6.45, 7) is 0.231. The summed E-state index contributed by atoms with van der Waals surface area (Å²) in [5.74, 6) is 0.460. The summed E-state index contributed by atoms with van der Waals surface area (Å²) in [5, 5.41) is 5.50. The molecule has 0 heterocycles. The number of benzene rings is 1. The van der Waals surface area contributed by atoms with Crippen LogP contribution in [0.4, 0.5) is 5.69 Å². The fraction of sp³-hybridized carbons (Fsp3) is 0.385. The minimum absolute atomic E-state index is 0.0720. The molecule has 1 rings (SSSR count). The minimum Gasteiger partial charge on any atom is -0.497 e. The van der Waals surface area contributed by atoms with Crippen LogP contribution in [0.1, 0.15) is 0 Å². The largest absolute Gasteiger partial charge is 0.497 e. The Bertz CT molecular complexity index is 429. The van der Waals surface area contributed by atoms with E-state index in [4.69, 9.17) is 4.74 Å². The summed E-state index contributed by atoms with van der Waals surface area (Å²) in [6, 6.07) is 7.03. The van der Waals surface area contributed by atoms with E-state index in [9.17, 15) is 9.59 Å². The Hall–Kier alpha value is -2.08. The van der Waals surface area contributed by atoms with Gasteiger partial charge in [-0.05, 0) is 24.3 Å². The Morgan fingerprint density at radius 3 is 2.32 bits per heavy atom. The molecule has 19 heavy (non-hydrogen) atoms. The topological polar surface area (TPSA) is 70.7 Å². The molecule has 0 unspecified atom stereocenters. The lowest BCUT2D eigenvalue weighted by molar-refractivity contribution is -0.127. The molecule has 0 aliphatic heterocycles. The third kappa shape index (κ3) is 5.39. The monoisotopic (exact) mass is 265 g/mol. The van der Waals surface area contributed by atoms with E-state index in [1.807, 2.05) is 0 Å². The zero-order chi connectivity index (χ0) is 14.3. The average molecular weight is 265 g/mol. The molecule has 0 radical (unpaired) electrons. The third-order valence-electron chi connectivity index (χ3n) is 2.43. The second kappa shape index (κ2) is 7.38. The van der Waals surface area contributed by atoms with Gasteiger partial charge in [0.1, 0.15) is 5.75 Å². The van der Waals surface area contributed by atoms with Crippen molar-refractivity contribution in [3.63, 3.8) is 0 Å². The van der Waals surface area contributed by atoms with Gasteiger partial charge in [0.2, 0.25) is 11.8 Å². The molecule has 6 nitrogen and oxygen atoms in total. The summed E-state index contributed by atoms with van der Waals surface area (Å²) in [4.78, 5) is 24.3. The van der Waals surface area contributed by atoms with Crippen molar-refractivity contribution in [1.82, 2.24) is 10.2 Å². The molecule has 104 valence electrons. The summed E-state index contributed by atoms with van der Waals surface area (Å²) < 4.78 is 5.02. The van der Waals surface area contributed by atoms with Crippen LogP contribution in [0.5, 0.6) is 5.75 Å². The molecule has 1 aromatic rings. The SMILES string of the molecule is COc1ccc(NC(=O)CNCC(=O)N(C)C)cc1. The lowest BCUT2D eigenvalue weighted by Crippen LogP contribution is -2.37. The molecule has 0 spiro atoms. The molecule has 6 heteroatoms. The maximum Gasteiger partial charge on any atom is 0.238 e. The number of carbonyl (C=O) groups excluding carboxylic acids is 2. The first kappa shape index (κ1) is 15.0. The van der Waals surface area contributed by atoms with E-state index >= 15 is 0 Å². The molecule has 0 aromatic heterocycles. The molecular weight excluding hydrogens is 246 g/mol.